The highest BCUT2D eigenvalue weighted by atomic mass is 19.3. The van der Waals surface area contributed by atoms with Gasteiger partial charge in [-0.3, -0.25) is 4.79 Å². The van der Waals surface area contributed by atoms with E-state index in [4.69, 9.17) is 0 Å². The molecule has 0 spiro atoms. The zero-order valence-corrected chi connectivity index (χ0v) is 10.4. The Balaban J connectivity index is 2.84. The molecule has 1 amide bonds. The van der Waals surface area contributed by atoms with Gasteiger partial charge in [0.1, 0.15) is 11.8 Å². The molecule has 0 aliphatic carbocycles. The Labute approximate surface area is 108 Å². The molecule has 0 aromatic heterocycles. The molecule has 0 unspecified atom stereocenters. The molecule has 0 fully saturated rings. The molecule has 0 radical (unpaired) electrons. The van der Waals surface area contributed by atoms with Crippen LogP contribution in [0, 0.1) is 0 Å². The standard InChI is InChI=1S/C12H13F2NO4/c1-7(11(17)18-2)15-10(16)8-5-3-4-6-9(8)19-12(13)14/h3-7,12H,1-2H3,(H,15,16)/t7-/m1/s1. The van der Waals surface area contributed by atoms with Gasteiger partial charge in [0, 0.05) is 0 Å². The number of carbonyl (C=O) groups excluding carboxylic acids is 2. The van der Waals surface area contributed by atoms with E-state index in [-0.39, 0.29) is 11.3 Å². The van der Waals surface area contributed by atoms with Gasteiger partial charge in [-0.1, -0.05) is 12.1 Å². The van der Waals surface area contributed by atoms with Gasteiger partial charge in [-0.2, -0.15) is 8.78 Å². The monoisotopic (exact) mass is 273 g/mol. The molecule has 0 saturated heterocycles. The van der Waals surface area contributed by atoms with Crippen LogP contribution < -0.4 is 10.1 Å². The maximum atomic E-state index is 12.2. The summed E-state index contributed by atoms with van der Waals surface area (Å²) in [6.07, 6.45) is 0. The molecular formula is C12H13F2NO4. The van der Waals surface area contributed by atoms with Crippen molar-refractivity contribution in [2.24, 2.45) is 0 Å². The van der Waals surface area contributed by atoms with Crippen molar-refractivity contribution in [1.82, 2.24) is 5.32 Å². The summed E-state index contributed by atoms with van der Waals surface area (Å²) in [7, 11) is 1.18. The normalized spacial score (nSPS) is 11.8. The molecule has 1 aromatic rings. The van der Waals surface area contributed by atoms with Crippen molar-refractivity contribution in [2.45, 2.75) is 19.6 Å². The second-order valence-electron chi connectivity index (χ2n) is 3.59. The number of methoxy groups -OCH3 is 1. The number of hydrogen-bond donors (Lipinski definition) is 1. The van der Waals surface area contributed by atoms with E-state index in [0.717, 1.165) is 0 Å². The molecule has 0 aliphatic heterocycles. The van der Waals surface area contributed by atoms with Crippen molar-refractivity contribution < 1.29 is 27.8 Å². The predicted molar refractivity (Wildman–Crippen MR) is 62.0 cm³/mol. The number of esters is 1. The fraction of sp³-hybridized carbons (Fsp3) is 0.333. The molecule has 1 rings (SSSR count). The SMILES string of the molecule is COC(=O)[C@@H](C)NC(=O)c1ccccc1OC(F)F. The minimum atomic E-state index is -3.04. The third kappa shape index (κ3) is 4.20. The van der Waals surface area contributed by atoms with Crippen molar-refractivity contribution in [3.63, 3.8) is 0 Å². The summed E-state index contributed by atoms with van der Waals surface area (Å²) in [4.78, 5) is 23.0. The number of nitrogens with one attached hydrogen (secondary N) is 1. The molecule has 0 bridgehead atoms. The first kappa shape index (κ1) is 14.9. The highest BCUT2D eigenvalue weighted by molar-refractivity contribution is 5.98. The van der Waals surface area contributed by atoms with Crippen LogP contribution in [-0.4, -0.2) is 31.6 Å². The molecule has 0 saturated carbocycles. The predicted octanol–water partition coefficient (Wildman–Crippen LogP) is 1.58. The van der Waals surface area contributed by atoms with E-state index in [9.17, 15) is 18.4 Å². The largest absolute Gasteiger partial charge is 0.467 e. The second-order valence-corrected chi connectivity index (χ2v) is 3.59. The van der Waals surface area contributed by atoms with Crippen molar-refractivity contribution >= 4 is 11.9 Å². The van der Waals surface area contributed by atoms with Gasteiger partial charge in [0.15, 0.2) is 0 Å². The summed E-state index contributed by atoms with van der Waals surface area (Å²) < 4.78 is 33.0. The number of alkyl halides is 2. The van der Waals surface area contributed by atoms with Gasteiger partial charge >= 0.3 is 12.6 Å². The van der Waals surface area contributed by atoms with Crippen LogP contribution in [0.1, 0.15) is 17.3 Å². The van der Waals surface area contributed by atoms with Crippen LogP contribution in [0.5, 0.6) is 5.75 Å². The summed E-state index contributed by atoms with van der Waals surface area (Å²) in [5, 5.41) is 2.32. The molecule has 1 N–H and O–H groups in total. The van der Waals surface area contributed by atoms with Crippen LogP contribution >= 0.6 is 0 Å². The average Bonchev–Trinajstić information content (AvgIpc) is 2.37. The minimum Gasteiger partial charge on any atom is -0.467 e. The van der Waals surface area contributed by atoms with Crippen LogP contribution in [0.4, 0.5) is 8.78 Å². The highest BCUT2D eigenvalue weighted by Gasteiger charge is 2.20. The number of rotatable bonds is 5. The van der Waals surface area contributed by atoms with E-state index < -0.39 is 24.5 Å². The van der Waals surface area contributed by atoms with Crippen molar-refractivity contribution in [1.29, 1.82) is 0 Å². The molecule has 5 nitrogen and oxygen atoms in total. The molecule has 1 atom stereocenters. The van der Waals surface area contributed by atoms with Gasteiger partial charge in [-0.05, 0) is 19.1 Å². The number of benzene rings is 1. The highest BCUT2D eigenvalue weighted by Crippen LogP contribution is 2.20. The number of halogens is 2. The summed E-state index contributed by atoms with van der Waals surface area (Å²) in [6.45, 7) is -1.62. The smallest absolute Gasteiger partial charge is 0.387 e. The van der Waals surface area contributed by atoms with Gasteiger partial charge in [-0.25, -0.2) is 4.79 Å². The molecule has 0 aliphatic rings. The van der Waals surface area contributed by atoms with Crippen LogP contribution in [0.15, 0.2) is 24.3 Å². The Hall–Kier alpha value is -2.18. The molecule has 104 valence electrons. The van der Waals surface area contributed by atoms with Gasteiger partial charge in [0.2, 0.25) is 0 Å². The Bertz CT molecular complexity index is 465. The first-order valence-corrected chi connectivity index (χ1v) is 5.38. The average molecular weight is 273 g/mol. The molecule has 7 heteroatoms. The lowest BCUT2D eigenvalue weighted by Crippen LogP contribution is -2.39. The van der Waals surface area contributed by atoms with E-state index in [1.807, 2.05) is 0 Å². The number of amides is 1. The molecule has 1 aromatic carbocycles. The van der Waals surface area contributed by atoms with Crippen LogP contribution in [0.2, 0.25) is 0 Å². The zero-order valence-electron chi connectivity index (χ0n) is 10.4. The third-order valence-electron chi connectivity index (χ3n) is 2.25. The maximum Gasteiger partial charge on any atom is 0.387 e. The lowest BCUT2D eigenvalue weighted by Gasteiger charge is -2.14. The van der Waals surface area contributed by atoms with Gasteiger partial charge in [-0.15, -0.1) is 0 Å². The Kier molecular flexibility index (Phi) is 5.23. The fourth-order valence-corrected chi connectivity index (χ4v) is 1.36. The van der Waals surface area contributed by atoms with Gasteiger partial charge in [0.05, 0.1) is 12.7 Å². The fourth-order valence-electron chi connectivity index (χ4n) is 1.36. The maximum absolute atomic E-state index is 12.2. The molecular weight excluding hydrogens is 260 g/mol. The summed E-state index contributed by atoms with van der Waals surface area (Å²) in [5.41, 5.74) is -0.0847. The number of para-hydroxylation sites is 1. The van der Waals surface area contributed by atoms with Crippen molar-refractivity contribution in [3.05, 3.63) is 29.8 Å². The number of hydrogen-bond acceptors (Lipinski definition) is 4. The number of carbonyl (C=O) groups is 2. The van der Waals surface area contributed by atoms with E-state index in [1.165, 1.54) is 38.3 Å². The van der Waals surface area contributed by atoms with Crippen molar-refractivity contribution in [3.8, 4) is 5.75 Å². The van der Waals surface area contributed by atoms with E-state index in [0.29, 0.717) is 0 Å². The molecule has 0 heterocycles. The van der Waals surface area contributed by atoms with Gasteiger partial charge in [0.25, 0.3) is 5.91 Å². The summed E-state index contributed by atoms with van der Waals surface area (Å²) in [5.74, 6) is -1.60. The minimum absolute atomic E-state index is 0.0847. The van der Waals surface area contributed by atoms with E-state index in [1.54, 1.807) is 0 Å². The second kappa shape index (κ2) is 6.67. The van der Waals surface area contributed by atoms with Crippen LogP contribution in [0.25, 0.3) is 0 Å². The Morgan fingerprint density at radius 1 is 1.26 bits per heavy atom. The first-order chi connectivity index (χ1) is 8.95. The summed E-state index contributed by atoms with van der Waals surface area (Å²) in [6, 6.07) is 4.62. The lowest BCUT2D eigenvalue weighted by molar-refractivity contribution is -0.142. The zero-order chi connectivity index (χ0) is 14.4. The van der Waals surface area contributed by atoms with Crippen LogP contribution in [-0.2, 0) is 9.53 Å². The first-order valence-electron chi connectivity index (χ1n) is 5.38. The van der Waals surface area contributed by atoms with E-state index >= 15 is 0 Å². The Morgan fingerprint density at radius 3 is 2.47 bits per heavy atom. The summed E-state index contributed by atoms with van der Waals surface area (Å²) >= 11 is 0. The van der Waals surface area contributed by atoms with Gasteiger partial charge < -0.3 is 14.8 Å². The lowest BCUT2D eigenvalue weighted by atomic mass is 10.1. The number of ether oxygens (including phenoxy) is 2. The third-order valence-corrected chi connectivity index (χ3v) is 2.25. The Morgan fingerprint density at radius 2 is 1.89 bits per heavy atom. The van der Waals surface area contributed by atoms with E-state index in [2.05, 4.69) is 14.8 Å². The van der Waals surface area contributed by atoms with Crippen LogP contribution in [0.3, 0.4) is 0 Å². The quantitative estimate of drug-likeness (QED) is 0.827. The van der Waals surface area contributed by atoms with Crippen molar-refractivity contribution in [2.75, 3.05) is 7.11 Å². The topological polar surface area (TPSA) is 64.6 Å². The molecule has 19 heavy (non-hydrogen) atoms.